The summed E-state index contributed by atoms with van der Waals surface area (Å²) in [5, 5.41) is 8.94. The monoisotopic (exact) mass is 481 g/mol. The maximum atomic E-state index is 13.6. The van der Waals surface area contributed by atoms with Gasteiger partial charge in [0, 0.05) is 31.6 Å². The van der Waals surface area contributed by atoms with E-state index in [4.69, 9.17) is 24.3 Å². The largest absolute Gasteiger partial charge is 0.497 e. The highest BCUT2D eigenvalue weighted by atomic mass is 16.5. The van der Waals surface area contributed by atoms with Crippen LogP contribution in [0.3, 0.4) is 0 Å². The zero-order chi connectivity index (χ0) is 25.3. The number of nitrogens with zero attached hydrogens (tertiary/aromatic N) is 1. The predicted octanol–water partition coefficient (Wildman–Crippen LogP) is 3.57. The summed E-state index contributed by atoms with van der Waals surface area (Å²) in [6, 6.07) is 14.8. The molecule has 1 aliphatic heterocycles. The van der Waals surface area contributed by atoms with Crippen LogP contribution in [0.5, 0.6) is 11.5 Å². The van der Waals surface area contributed by atoms with Crippen molar-refractivity contribution in [1.29, 1.82) is 0 Å². The van der Waals surface area contributed by atoms with Gasteiger partial charge in [0.15, 0.2) is 11.6 Å². The van der Waals surface area contributed by atoms with E-state index in [1.807, 2.05) is 48.5 Å². The van der Waals surface area contributed by atoms with Gasteiger partial charge in [0.1, 0.15) is 11.5 Å². The van der Waals surface area contributed by atoms with Crippen molar-refractivity contribution in [3.8, 4) is 11.5 Å². The first-order valence-corrected chi connectivity index (χ1v) is 11.8. The normalized spacial score (nSPS) is 19.1. The molecule has 2 aromatic rings. The first-order valence-electron chi connectivity index (χ1n) is 11.8. The van der Waals surface area contributed by atoms with E-state index < -0.39 is 11.6 Å². The number of aliphatic imine (C=N–C) groups is 1. The number of nitrogens with one attached hydrogen (secondary N) is 2. The topological polar surface area (TPSA) is 101 Å². The lowest BCUT2D eigenvalue weighted by Gasteiger charge is -2.30. The van der Waals surface area contributed by atoms with Crippen molar-refractivity contribution >= 4 is 11.8 Å². The number of aliphatic hydroxyl groups is 1. The molecule has 0 saturated carbocycles. The molecule has 0 radical (unpaired) electrons. The van der Waals surface area contributed by atoms with Crippen LogP contribution in [-0.2, 0) is 9.53 Å². The number of rotatable bonds is 13. The van der Waals surface area contributed by atoms with E-state index in [0.29, 0.717) is 42.9 Å². The zero-order valence-corrected chi connectivity index (χ0v) is 20.6. The molecule has 3 rings (SSSR count). The number of carbonyl (C=O) groups excluding carboxylic acids is 1. The Morgan fingerprint density at radius 1 is 1.26 bits per heavy atom. The molecule has 1 aliphatic rings. The summed E-state index contributed by atoms with van der Waals surface area (Å²) in [5.74, 6) is 1.76. The number of hydrogen-bond acceptors (Lipinski definition) is 7. The van der Waals surface area contributed by atoms with Crippen molar-refractivity contribution < 1.29 is 24.1 Å². The van der Waals surface area contributed by atoms with E-state index in [-0.39, 0.29) is 18.9 Å². The molecule has 2 aromatic carbocycles. The van der Waals surface area contributed by atoms with Gasteiger partial charge >= 0.3 is 0 Å². The van der Waals surface area contributed by atoms with Crippen molar-refractivity contribution in [3.05, 3.63) is 72.3 Å². The van der Waals surface area contributed by atoms with Crippen molar-refractivity contribution in [2.45, 2.75) is 38.3 Å². The molecule has 1 amide bonds. The zero-order valence-electron chi connectivity index (χ0n) is 20.6. The third kappa shape index (κ3) is 6.41. The third-order valence-electron chi connectivity index (χ3n) is 5.59. The standard InChI is InChI=1S/C27H35N3O5/c1-5-14-27(26(32)30-28-18-19(2)3)24(21-8-6-9-23(17-21)33-4)35-25(29-27)20-10-12-22(13-11-20)34-16-7-15-31/h5-6,8-13,17,19,24,28,31H,1,7,14-16,18H2,2-4H3,(H,30,32)/t24-,27-/m0/s1. The number of aliphatic hydroxyl groups excluding tert-OH is 1. The summed E-state index contributed by atoms with van der Waals surface area (Å²) in [7, 11) is 1.60. The molecule has 8 nitrogen and oxygen atoms in total. The quantitative estimate of drug-likeness (QED) is 0.230. The second kappa shape index (κ2) is 12.4. The molecular weight excluding hydrogens is 446 g/mol. The molecule has 1 heterocycles. The Bertz CT molecular complexity index is 1020. The molecule has 35 heavy (non-hydrogen) atoms. The van der Waals surface area contributed by atoms with E-state index in [1.54, 1.807) is 13.2 Å². The molecule has 0 bridgehead atoms. The van der Waals surface area contributed by atoms with E-state index in [0.717, 1.165) is 11.1 Å². The third-order valence-corrected chi connectivity index (χ3v) is 5.59. The fourth-order valence-electron chi connectivity index (χ4n) is 3.78. The van der Waals surface area contributed by atoms with Crippen LogP contribution in [0, 0.1) is 5.92 Å². The Morgan fingerprint density at radius 3 is 2.69 bits per heavy atom. The first kappa shape index (κ1) is 26.2. The van der Waals surface area contributed by atoms with E-state index in [1.165, 1.54) is 0 Å². The lowest BCUT2D eigenvalue weighted by molar-refractivity contribution is -0.129. The van der Waals surface area contributed by atoms with Gasteiger partial charge in [-0.2, -0.15) is 0 Å². The van der Waals surface area contributed by atoms with Gasteiger partial charge in [0.05, 0.1) is 13.7 Å². The van der Waals surface area contributed by atoms with Crippen LogP contribution in [0.1, 0.15) is 43.9 Å². The summed E-state index contributed by atoms with van der Waals surface area (Å²) in [6.07, 6.45) is 1.83. The molecule has 3 N–H and O–H groups in total. The molecule has 0 spiro atoms. The second-order valence-corrected chi connectivity index (χ2v) is 8.79. The maximum absolute atomic E-state index is 13.6. The lowest BCUT2D eigenvalue weighted by atomic mass is 9.84. The van der Waals surface area contributed by atoms with E-state index in [2.05, 4.69) is 31.3 Å². The molecule has 8 heteroatoms. The van der Waals surface area contributed by atoms with Gasteiger partial charge in [-0.1, -0.05) is 32.1 Å². The van der Waals surface area contributed by atoms with Gasteiger partial charge in [-0.15, -0.1) is 6.58 Å². The minimum Gasteiger partial charge on any atom is -0.497 e. The highest BCUT2D eigenvalue weighted by molar-refractivity contribution is 6.01. The summed E-state index contributed by atoms with van der Waals surface area (Å²) >= 11 is 0. The Labute approximate surface area is 207 Å². The number of hydrogen-bond donors (Lipinski definition) is 3. The summed E-state index contributed by atoms with van der Waals surface area (Å²) in [4.78, 5) is 18.4. The highest BCUT2D eigenvalue weighted by Crippen LogP contribution is 2.43. The molecule has 2 atom stereocenters. The van der Waals surface area contributed by atoms with E-state index >= 15 is 0 Å². The fourth-order valence-corrected chi connectivity index (χ4v) is 3.78. The minimum atomic E-state index is -1.26. The van der Waals surface area contributed by atoms with Gasteiger partial charge < -0.3 is 19.3 Å². The van der Waals surface area contributed by atoms with Gasteiger partial charge in [-0.3, -0.25) is 10.2 Å². The second-order valence-electron chi connectivity index (χ2n) is 8.79. The molecule has 0 unspecified atom stereocenters. The highest BCUT2D eigenvalue weighted by Gasteiger charge is 2.52. The van der Waals surface area contributed by atoms with Crippen LogP contribution in [0.25, 0.3) is 0 Å². The molecular formula is C27H35N3O5. The molecule has 0 aliphatic carbocycles. The molecule has 188 valence electrons. The Hall–Kier alpha value is -3.36. The Kier molecular flexibility index (Phi) is 9.28. The number of hydrazine groups is 1. The maximum Gasteiger partial charge on any atom is 0.266 e. The van der Waals surface area contributed by atoms with Crippen molar-refractivity contribution in [2.24, 2.45) is 10.9 Å². The number of amides is 1. The SMILES string of the molecule is C=CC[C@]1(C(=O)NNCC(C)C)N=C(c2ccc(OCCCO)cc2)O[C@H]1c1cccc(OC)c1. The number of methoxy groups -OCH3 is 1. The van der Waals surface area contributed by atoms with Crippen LogP contribution in [0.2, 0.25) is 0 Å². The average molecular weight is 482 g/mol. The molecule has 0 fully saturated rings. The molecule has 0 aromatic heterocycles. The predicted molar refractivity (Wildman–Crippen MR) is 136 cm³/mol. The van der Waals surface area contributed by atoms with E-state index in [9.17, 15) is 4.79 Å². The van der Waals surface area contributed by atoms with Crippen molar-refractivity contribution in [3.63, 3.8) is 0 Å². The minimum absolute atomic E-state index is 0.0772. The van der Waals surface area contributed by atoms with Crippen LogP contribution in [0.15, 0.2) is 66.2 Å². The summed E-state index contributed by atoms with van der Waals surface area (Å²) in [6.45, 7) is 9.13. The van der Waals surface area contributed by atoms with Crippen molar-refractivity contribution in [1.82, 2.24) is 10.9 Å². The van der Waals surface area contributed by atoms with Crippen LogP contribution < -0.4 is 20.3 Å². The first-order chi connectivity index (χ1) is 16.9. The smallest absolute Gasteiger partial charge is 0.266 e. The van der Waals surface area contributed by atoms with Gasteiger partial charge in [0.2, 0.25) is 5.90 Å². The summed E-state index contributed by atoms with van der Waals surface area (Å²) in [5.41, 5.74) is 6.07. The number of carbonyl (C=O) groups is 1. The van der Waals surface area contributed by atoms with Crippen molar-refractivity contribution in [2.75, 3.05) is 26.9 Å². The number of benzene rings is 2. The molecule has 0 saturated heterocycles. The number of ether oxygens (including phenoxy) is 3. The Balaban J connectivity index is 1.96. The Morgan fingerprint density at radius 2 is 2.03 bits per heavy atom. The average Bonchev–Trinajstić information content (AvgIpc) is 3.25. The van der Waals surface area contributed by atoms with Gasteiger partial charge in [0.25, 0.3) is 5.91 Å². The summed E-state index contributed by atoms with van der Waals surface area (Å²) < 4.78 is 17.4. The van der Waals surface area contributed by atoms with Crippen LogP contribution in [-0.4, -0.2) is 49.3 Å². The van der Waals surface area contributed by atoms with Crippen LogP contribution in [0.4, 0.5) is 0 Å². The van der Waals surface area contributed by atoms with Gasteiger partial charge in [-0.25, -0.2) is 10.4 Å². The fraction of sp³-hybridized carbons (Fsp3) is 0.407. The lowest BCUT2D eigenvalue weighted by Crippen LogP contribution is -2.53. The van der Waals surface area contributed by atoms with Gasteiger partial charge in [-0.05, 0) is 47.9 Å². The van der Waals surface area contributed by atoms with Crippen LogP contribution >= 0.6 is 0 Å².